The second-order valence-corrected chi connectivity index (χ2v) is 6.02. The lowest BCUT2D eigenvalue weighted by atomic mass is 10.0. The van der Waals surface area contributed by atoms with Gasteiger partial charge in [-0.05, 0) is 51.6 Å². The average Bonchev–Trinajstić information content (AvgIpc) is 3.07. The molecule has 0 unspecified atom stereocenters. The van der Waals surface area contributed by atoms with Crippen LogP contribution in [0, 0.1) is 5.82 Å². The third-order valence-corrected chi connectivity index (χ3v) is 4.05. The third-order valence-electron chi connectivity index (χ3n) is 3.44. The number of rotatable bonds is 7. The summed E-state index contributed by atoms with van der Waals surface area (Å²) in [7, 11) is 1.60. The van der Waals surface area contributed by atoms with Crippen molar-refractivity contribution in [2.75, 3.05) is 13.6 Å². The predicted octanol–water partition coefficient (Wildman–Crippen LogP) is 1.86. The van der Waals surface area contributed by atoms with Crippen LogP contribution in [-0.4, -0.2) is 40.8 Å². The highest BCUT2D eigenvalue weighted by molar-refractivity contribution is 9.10. The van der Waals surface area contributed by atoms with Crippen molar-refractivity contribution < 1.29 is 14.2 Å². The molecule has 4 N–H and O–H groups in total. The highest BCUT2D eigenvalue weighted by Gasteiger charge is 2.18. The number of hydrogen-bond donors (Lipinski definition) is 3. The van der Waals surface area contributed by atoms with Crippen molar-refractivity contribution in [2.45, 2.75) is 19.3 Å². The Morgan fingerprint density at radius 2 is 2.24 bits per heavy atom. The molecule has 1 heterocycles. The third kappa shape index (κ3) is 5.24. The SMILES string of the molecule is CN=C(N)NCCCc1nonc1/C(Cc1ccc(F)c(Br)c1)=N/O. The topological polar surface area (TPSA) is 122 Å². The average molecular weight is 413 g/mol. The van der Waals surface area contributed by atoms with Gasteiger partial charge in [0.15, 0.2) is 11.7 Å². The lowest BCUT2D eigenvalue weighted by Gasteiger charge is -2.05. The van der Waals surface area contributed by atoms with Gasteiger partial charge in [0.25, 0.3) is 0 Å². The zero-order chi connectivity index (χ0) is 18.2. The monoisotopic (exact) mass is 412 g/mol. The van der Waals surface area contributed by atoms with Gasteiger partial charge in [-0.1, -0.05) is 16.4 Å². The van der Waals surface area contributed by atoms with E-state index in [1.54, 1.807) is 19.2 Å². The number of oxime groups is 1. The van der Waals surface area contributed by atoms with E-state index < -0.39 is 0 Å². The van der Waals surface area contributed by atoms with Crippen LogP contribution in [0.15, 0.2) is 37.4 Å². The Morgan fingerprint density at radius 3 is 2.92 bits per heavy atom. The van der Waals surface area contributed by atoms with E-state index in [0.717, 1.165) is 5.56 Å². The lowest BCUT2D eigenvalue weighted by molar-refractivity contribution is 0.300. The van der Waals surface area contributed by atoms with Crippen molar-refractivity contribution in [3.8, 4) is 0 Å². The minimum absolute atomic E-state index is 0.254. The van der Waals surface area contributed by atoms with E-state index in [1.807, 2.05) is 0 Å². The molecule has 1 aromatic heterocycles. The number of hydrogen-bond acceptors (Lipinski definition) is 6. The molecule has 134 valence electrons. The number of nitrogens with zero attached hydrogens (tertiary/aromatic N) is 4. The van der Waals surface area contributed by atoms with Crippen LogP contribution >= 0.6 is 15.9 Å². The maximum atomic E-state index is 13.3. The van der Waals surface area contributed by atoms with Crippen molar-refractivity contribution in [1.29, 1.82) is 0 Å². The van der Waals surface area contributed by atoms with E-state index in [0.29, 0.717) is 41.2 Å². The summed E-state index contributed by atoms with van der Waals surface area (Å²) in [5, 5.41) is 23.2. The van der Waals surface area contributed by atoms with Crippen molar-refractivity contribution in [1.82, 2.24) is 15.6 Å². The van der Waals surface area contributed by atoms with Gasteiger partial charge in [0.05, 0.1) is 4.47 Å². The van der Waals surface area contributed by atoms with E-state index in [-0.39, 0.29) is 17.9 Å². The van der Waals surface area contributed by atoms with Crippen molar-refractivity contribution in [3.05, 3.63) is 45.4 Å². The molecule has 1 aromatic carbocycles. The standard InChI is InChI=1S/C15H18BrFN6O2/c1-19-15(18)20-6-2-3-12-14(23-25-22-12)13(21-24)8-9-4-5-11(17)10(16)7-9/h4-5,7,24H,2-3,6,8H2,1H3,(H3,18,19,20)/b21-13+. The molecule has 0 aliphatic rings. The maximum Gasteiger partial charge on any atom is 0.188 e. The van der Waals surface area contributed by atoms with Gasteiger partial charge in [-0.15, -0.1) is 0 Å². The normalized spacial score (nSPS) is 12.4. The highest BCUT2D eigenvalue weighted by atomic mass is 79.9. The summed E-state index contributed by atoms with van der Waals surface area (Å²) in [6.07, 6.45) is 1.51. The van der Waals surface area contributed by atoms with E-state index >= 15 is 0 Å². The fourth-order valence-electron chi connectivity index (χ4n) is 2.15. The molecule has 0 saturated heterocycles. The van der Waals surface area contributed by atoms with Crippen LogP contribution in [0.5, 0.6) is 0 Å². The molecule has 2 rings (SSSR count). The van der Waals surface area contributed by atoms with Crippen LogP contribution in [0.1, 0.15) is 23.4 Å². The Bertz CT molecular complexity index is 777. The maximum absolute atomic E-state index is 13.3. The summed E-state index contributed by atoms with van der Waals surface area (Å²) < 4.78 is 18.4. The van der Waals surface area contributed by atoms with E-state index in [2.05, 4.69) is 41.7 Å². The zero-order valence-corrected chi connectivity index (χ0v) is 15.1. The minimum atomic E-state index is -0.363. The first-order valence-corrected chi connectivity index (χ1v) is 8.27. The molecule has 8 nitrogen and oxygen atoms in total. The first-order chi connectivity index (χ1) is 12.0. The van der Waals surface area contributed by atoms with Crippen LogP contribution in [0.3, 0.4) is 0 Å². The molecule has 0 spiro atoms. The quantitative estimate of drug-likeness (QED) is 0.209. The number of nitrogens with two attached hydrogens (primary N) is 1. The van der Waals surface area contributed by atoms with Gasteiger partial charge in [0.1, 0.15) is 17.2 Å². The van der Waals surface area contributed by atoms with Crippen LogP contribution in [-0.2, 0) is 12.8 Å². The molecule has 0 fully saturated rings. The summed E-state index contributed by atoms with van der Waals surface area (Å²) in [5.41, 5.74) is 7.54. The number of aromatic nitrogens is 2. The smallest absolute Gasteiger partial charge is 0.188 e. The first kappa shape index (κ1) is 18.8. The summed E-state index contributed by atoms with van der Waals surface area (Å²) in [6, 6.07) is 4.56. The molecule has 0 bridgehead atoms. The van der Waals surface area contributed by atoms with Crippen LogP contribution < -0.4 is 11.1 Å². The van der Waals surface area contributed by atoms with Crippen molar-refractivity contribution in [3.63, 3.8) is 0 Å². The Labute approximate surface area is 152 Å². The Balaban J connectivity index is 2.04. The van der Waals surface area contributed by atoms with Gasteiger partial charge in [-0.2, -0.15) is 0 Å². The largest absolute Gasteiger partial charge is 0.411 e. The first-order valence-electron chi connectivity index (χ1n) is 7.48. The van der Waals surface area contributed by atoms with Crippen LogP contribution in [0.2, 0.25) is 0 Å². The Morgan fingerprint density at radius 1 is 1.44 bits per heavy atom. The molecular formula is C15H18BrFN6O2. The van der Waals surface area contributed by atoms with Gasteiger partial charge in [-0.3, -0.25) is 4.99 Å². The number of aliphatic imine (C=N–C) groups is 1. The number of halogens is 2. The molecule has 0 saturated carbocycles. The van der Waals surface area contributed by atoms with E-state index in [1.165, 1.54) is 6.07 Å². The van der Waals surface area contributed by atoms with Gasteiger partial charge in [0.2, 0.25) is 0 Å². The molecule has 10 heteroatoms. The molecule has 0 aliphatic heterocycles. The van der Waals surface area contributed by atoms with Gasteiger partial charge in [-0.25, -0.2) is 9.02 Å². The lowest BCUT2D eigenvalue weighted by Crippen LogP contribution is -2.32. The Kier molecular flexibility index (Phi) is 6.87. The molecular weight excluding hydrogens is 395 g/mol. The molecule has 25 heavy (non-hydrogen) atoms. The summed E-state index contributed by atoms with van der Waals surface area (Å²) in [4.78, 5) is 3.80. The summed E-state index contributed by atoms with van der Waals surface area (Å²) in [5.74, 6) is -0.00424. The van der Waals surface area contributed by atoms with E-state index in [9.17, 15) is 9.60 Å². The molecule has 0 aliphatic carbocycles. The van der Waals surface area contributed by atoms with Crippen LogP contribution in [0.25, 0.3) is 0 Å². The molecule has 0 amide bonds. The second-order valence-electron chi connectivity index (χ2n) is 5.17. The fraction of sp³-hybridized carbons (Fsp3) is 0.333. The number of guanidine groups is 1. The van der Waals surface area contributed by atoms with Crippen molar-refractivity contribution >= 4 is 27.6 Å². The summed E-state index contributed by atoms with van der Waals surface area (Å²) >= 11 is 3.13. The van der Waals surface area contributed by atoms with Gasteiger partial charge in [0, 0.05) is 20.0 Å². The second kappa shape index (κ2) is 9.11. The van der Waals surface area contributed by atoms with Gasteiger partial charge < -0.3 is 16.3 Å². The highest BCUT2D eigenvalue weighted by Crippen LogP contribution is 2.19. The Hall–Kier alpha value is -2.49. The molecule has 2 aromatic rings. The van der Waals surface area contributed by atoms with Crippen LogP contribution in [0.4, 0.5) is 4.39 Å². The zero-order valence-electron chi connectivity index (χ0n) is 13.5. The van der Waals surface area contributed by atoms with Crippen molar-refractivity contribution in [2.24, 2.45) is 15.9 Å². The molecule has 0 atom stereocenters. The summed E-state index contributed by atoms with van der Waals surface area (Å²) in [6.45, 7) is 0.603. The van der Waals surface area contributed by atoms with E-state index in [4.69, 9.17) is 10.4 Å². The van der Waals surface area contributed by atoms with Gasteiger partial charge >= 0.3 is 0 Å². The minimum Gasteiger partial charge on any atom is -0.411 e. The number of aryl methyl sites for hydroxylation is 1. The number of benzene rings is 1. The molecule has 0 radical (unpaired) electrons. The fourth-order valence-corrected chi connectivity index (χ4v) is 2.58. The predicted molar refractivity (Wildman–Crippen MR) is 94.3 cm³/mol. The number of nitrogens with one attached hydrogen (secondary N) is 1.